The molecule has 3 rings (SSSR count). The van der Waals surface area contributed by atoms with Crippen LogP contribution in [0.5, 0.6) is 0 Å². The summed E-state index contributed by atoms with van der Waals surface area (Å²) in [6, 6.07) is 0. The normalized spacial score (nSPS) is 19.9. The number of morpholine rings is 1. The van der Waals surface area contributed by atoms with Crippen LogP contribution < -0.4 is 10.6 Å². The molecule has 10 heteroatoms. The van der Waals surface area contributed by atoms with Gasteiger partial charge in [-0.2, -0.15) is 0 Å². The highest BCUT2D eigenvalue weighted by Gasteiger charge is 2.38. The number of halogens is 1. The van der Waals surface area contributed by atoms with Crippen LogP contribution >= 0.6 is 24.0 Å². The van der Waals surface area contributed by atoms with Gasteiger partial charge in [0.1, 0.15) is 12.4 Å². The van der Waals surface area contributed by atoms with E-state index in [0.717, 1.165) is 50.5 Å². The van der Waals surface area contributed by atoms with E-state index in [1.165, 1.54) is 32.1 Å². The summed E-state index contributed by atoms with van der Waals surface area (Å²) in [5.74, 6) is 2.56. The third-order valence-corrected chi connectivity index (χ3v) is 6.21. The number of nitrogens with one attached hydrogen (secondary N) is 2. The van der Waals surface area contributed by atoms with Crippen molar-refractivity contribution < 1.29 is 9.47 Å². The summed E-state index contributed by atoms with van der Waals surface area (Å²) < 4.78 is 12.8. The minimum Gasteiger partial charge on any atom is -0.383 e. The molecule has 1 saturated heterocycles. The molecule has 1 aliphatic heterocycles. The molecule has 0 atom stereocenters. The maximum atomic E-state index is 5.60. The zero-order chi connectivity index (χ0) is 20.5. The van der Waals surface area contributed by atoms with Gasteiger partial charge in [-0.1, -0.05) is 19.3 Å². The molecule has 2 N–H and O–H groups in total. The van der Waals surface area contributed by atoms with E-state index >= 15 is 0 Å². The molecule has 0 bridgehead atoms. The minimum absolute atomic E-state index is 0. The number of aromatic nitrogens is 3. The number of guanidine groups is 1. The Morgan fingerprint density at radius 2 is 1.90 bits per heavy atom. The molecule has 0 aromatic carbocycles. The summed E-state index contributed by atoms with van der Waals surface area (Å²) in [7, 11) is 3.69. The van der Waals surface area contributed by atoms with E-state index in [9.17, 15) is 0 Å². The molecule has 2 heterocycles. The summed E-state index contributed by atoms with van der Waals surface area (Å²) in [5.41, 5.74) is 0.188. The summed E-state index contributed by atoms with van der Waals surface area (Å²) in [6.07, 6.45) is 6.38. The van der Waals surface area contributed by atoms with E-state index < -0.39 is 0 Å². The molecule has 2 fully saturated rings. The monoisotopic (exact) mass is 535 g/mol. The number of nitrogens with zero attached hydrogens (tertiary/aromatic N) is 5. The van der Waals surface area contributed by atoms with Gasteiger partial charge in [-0.05, 0) is 19.8 Å². The Hall–Kier alpha value is -0.980. The molecule has 0 radical (unpaired) electrons. The number of aryl methyl sites for hydroxylation is 1. The third kappa shape index (κ3) is 6.76. The van der Waals surface area contributed by atoms with Gasteiger partial charge >= 0.3 is 0 Å². The molecule has 2 aliphatic rings. The van der Waals surface area contributed by atoms with Crippen LogP contribution in [0.15, 0.2) is 4.99 Å². The quantitative estimate of drug-likeness (QED) is 0.226. The van der Waals surface area contributed by atoms with E-state index in [1.807, 2.05) is 18.5 Å². The Kier molecular flexibility index (Phi) is 10.8. The van der Waals surface area contributed by atoms with Gasteiger partial charge in [0, 0.05) is 45.9 Å². The zero-order valence-electron chi connectivity index (χ0n) is 18.7. The van der Waals surface area contributed by atoms with Crippen molar-refractivity contribution in [2.75, 3.05) is 53.1 Å². The third-order valence-electron chi connectivity index (χ3n) is 6.21. The Bertz CT molecular complexity index is 656. The topological polar surface area (TPSA) is 88.8 Å². The highest BCUT2D eigenvalue weighted by molar-refractivity contribution is 14.0. The number of rotatable bonds is 8. The van der Waals surface area contributed by atoms with E-state index in [1.54, 1.807) is 7.11 Å². The van der Waals surface area contributed by atoms with Crippen molar-refractivity contribution in [3.05, 3.63) is 11.6 Å². The largest absolute Gasteiger partial charge is 0.383 e. The maximum Gasteiger partial charge on any atom is 0.191 e. The Balaban J connectivity index is 0.00000320. The molecule has 0 amide bonds. The van der Waals surface area contributed by atoms with Crippen LogP contribution in [0.2, 0.25) is 0 Å². The van der Waals surface area contributed by atoms with Crippen molar-refractivity contribution in [2.24, 2.45) is 12.0 Å². The van der Waals surface area contributed by atoms with Gasteiger partial charge in [0.2, 0.25) is 0 Å². The molecule has 9 nitrogen and oxygen atoms in total. The second-order valence-electron chi connectivity index (χ2n) is 8.04. The lowest BCUT2D eigenvalue weighted by atomic mass is 9.80. The van der Waals surface area contributed by atoms with Crippen LogP contribution in [0.4, 0.5) is 0 Å². The molecule has 1 aromatic rings. The van der Waals surface area contributed by atoms with Crippen molar-refractivity contribution in [3.8, 4) is 0 Å². The number of hydrogen-bond acceptors (Lipinski definition) is 6. The van der Waals surface area contributed by atoms with E-state index in [0.29, 0.717) is 19.7 Å². The molecule has 1 aliphatic carbocycles. The minimum atomic E-state index is 0. The van der Waals surface area contributed by atoms with Crippen LogP contribution in [-0.2, 0) is 23.1 Å². The van der Waals surface area contributed by atoms with Crippen molar-refractivity contribution in [1.29, 1.82) is 0 Å². The number of hydrogen-bond donors (Lipinski definition) is 2. The van der Waals surface area contributed by atoms with Crippen LogP contribution in [0.3, 0.4) is 0 Å². The Labute approximate surface area is 197 Å². The Morgan fingerprint density at radius 3 is 2.53 bits per heavy atom. The smallest absolute Gasteiger partial charge is 0.191 e. The summed E-state index contributed by atoms with van der Waals surface area (Å²) in [6.45, 7) is 8.38. The maximum absolute atomic E-state index is 5.60. The van der Waals surface area contributed by atoms with Crippen LogP contribution in [0.1, 0.15) is 43.8 Å². The molecule has 1 aromatic heterocycles. The van der Waals surface area contributed by atoms with Crippen molar-refractivity contribution in [1.82, 2.24) is 30.3 Å². The Morgan fingerprint density at radius 1 is 1.17 bits per heavy atom. The van der Waals surface area contributed by atoms with Crippen molar-refractivity contribution in [2.45, 2.75) is 51.1 Å². The fourth-order valence-electron chi connectivity index (χ4n) is 4.28. The first-order chi connectivity index (χ1) is 14.1. The van der Waals surface area contributed by atoms with Crippen LogP contribution in [0, 0.1) is 6.92 Å². The molecule has 30 heavy (non-hydrogen) atoms. The SMILES string of the molecule is COCCNC(=NCc1nnc(C)n1C)NCC1(N2CCOCC2)CCCCC1.I. The van der Waals surface area contributed by atoms with Gasteiger partial charge in [0.25, 0.3) is 0 Å². The first-order valence-electron chi connectivity index (χ1n) is 10.8. The molecule has 172 valence electrons. The predicted octanol–water partition coefficient (Wildman–Crippen LogP) is 1.46. The van der Waals surface area contributed by atoms with Gasteiger partial charge in [-0.15, -0.1) is 34.2 Å². The average molecular weight is 535 g/mol. The molecule has 1 saturated carbocycles. The summed E-state index contributed by atoms with van der Waals surface area (Å²) in [4.78, 5) is 7.41. The number of aliphatic imine (C=N–C) groups is 1. The highest BCUT2D eigenvalue weighted by atomic mass is 127. The van der Waals surface area contributed by atoms with Gasteiger partial charge < -0.3 is 24.7 Å². The van der Waals surface area contributed by atoms with E-state index in [2.05, 4.69) is 25.7 Å². The molecule has 0 spiro atoms. The highest BCUT2D eigenvalue weighted by Crippen LogP contribution is 2.33. The first kappa shape index (κ1) is 25.3. The van der Waals surface area contributed by atoms with Crippen LogP contribution in [-0.4, -0.2) is 84.3 Å². The standard InChI is InChI=1S/C20H37N7O2.HI/c1-17-24-25-18(26(17)2)15-22-19(21-9-12-28-3)23-16-20(7-5-4-6-8-20)27-10-13-29-14-11-27;/h4-16H2,1-3H3,(H2,21,22,23);1H. The molecule has 0 unspecified atom stereocenters. The lowest BCUT2D eigenvalue weighted by Gasteiger charge is -2.48. The second kappa shape index (κ2) is 12.8. The fourth-order valence-corrected chi connectivity index (χ4v) is 4.28. The van der Waals surface area contributed by atoms with Gasteiger partial charge in [0.15, 0.2) is 11.8 Å². The second-order valence-corrected chi connectivity index (χ2v) is 8.04. The van der Waals surface area contributed by atoms with Crippen LogP contribution in [0.25, 0.3) is 0 Å². The lowest BCUT2D eigenvalue weighted by Crippen LogP contribution is -2.60. The zero-order valence-corrected chi connectivity index (χ0v) is 21.0. The molecular weight excluding hydrogens is 497 g/mol. The average Bonchev–Trinajstić information content (AvgIpc) is 3.09. The van der Waals surface area contributed by atoms with Crippen molar-refractivity contribution >= 4 is 29.9 Å². The first-order valence-corrected chi connectivity index (χ1v) is 10.8. The van der Waals surface area contributed by atoms with E-state index in [4.69, 9.17) is 14.5 Å². The number of methoxy groups -OCH3 is 1. The van der Waals surface area contributed by atoms with Gasteiger partial charge in [-0.25, -0.2) is 4.99 Å². The fraction of sp³-hybridized carbons (Fsp3) is 0.850. The van der Waals surface area contributed by atoms with Gasteiger partial charge in [-0.3, -0.25) is 4.90 Å². The van der Waals surface area contributed by atoms with Gasteiger partial charge in [0.05, 0.1) is 19.8 Å². The number of ether oxygens (including phenoxy) is 2. The summed E-state index contributed by atoms with van der Waals surface area (Å²) in [5, 5.41) is 15.4. The van der Waals surface area contributed by atoms with Crippen molar-refractivity contribution in [3.63, 3.8) is 0 Å². The predicted molar refractivity (Wildman–Crippen MR) is 128 cm³/mol. The van der Waals surface area contributed by atoms with E-state index in [-0.39, 0.29) is 29.5 Å². The molecular formula is C20H38IN7O2. The summed E-state index contributed by atoms with van der Waals surface area (Å²) >= 11 is 0. The lowest BCUT2D eigenvalue weighted by molar-refractivity contribution is -0.0352.